The Bertz CT molecular complexity index is 436. The smallest absolute Gasteiger partial charge is 0.387 e. The molecule has 1 aromatic rings. The van der Waals surface area contributed by atoms with Crippen LogP contribution in [0.2, 0.25) is 0 Å². The molecular weight excluding hydrogens is 262 g/mol. The predicted octanol–water partition coefficient (Wildman–Crippen LogP) is 2.19. The number of carboxylic acid groups (broad SMARTS) is 1. The molecule has 7 heteroatoms. The fraction of sp³-hybridized carbons (Fsp3) is 0.417. The second-order valence-electron chi connectivity index (χ2n) is 3.63. The van der Waals surface area contributed by atoms with Crippen LogP contribution < -0.4 is 9.47 Å². The molecule has 0 aromatic heterocycles. The van der Waals surface area contributed by atoms with Gasteiger partial charge in [0.2, 0.25) is 0 Å². The maximum absolute atomic E-state index is 12.2. The van der Waals surface area contributed by atoms with Crippen molar-refractivity contribution >= 4 is 5.97 Å². The lowest BCUT2D eigenvalue weighted by Crippen LogP contribution is -2.08. The highest BCUT2D eigenvalue weighted by Crippen LogP contribution is 2.32. The van der Waals surface area contributed by atoms with E-state index in [-0.39, 0.29) is 23.7 Å². The van der Waals surface area contributed by atoms with Crippen LogP contribution in [0.3, 0.4) is 0 Å². The minimum Gasteiger partial charge on any atom is -0.490 e. The second kappa shape index (κ2) is 6.89. The minimum absolute atomic E-state index is 0.0322. The van der Waals surface area contributed by atoms with Crippen LogP contribution in [-0.4, -0.2) is 29.4 Å². The zero-order chi connectivity index (χ0) is 14.4. The lowest BCUT2D eigenvalue weighted by atomic mass is 10.1. The Labute approximate surface area is 108 Å². The molecule has 0 aliphatic carbocycles. The zero-order valence-corrected chi connectivity index (χ0v) is 10.2. The lowest BCUT2D eigenvalue weighted by Gasteiger charge is -2.14. The fourth-order valence-corrected chi connectivity index (χ4v) is 1.48. The van der Waals surface area contributed by atoms with Crippen molar-refractivity contribution in [1.82, 2.24) is 0 Å². The van der Waals surface area contributed by atoms with Crippen molar-refractivity contribution in [2.45, 2.75) is 26.1 Å². The van der Waals surface area contributed by atoms with Gasteiger partial charge in [0.15, 0.2) is 11.5 Å². The largest absolute Gasteiger partial charge is 0.490 e. The van der Waals surface area contributed by atoms with E-state index in [1.807, 2.05) is 0 Å². The van der Waals surface area contributed by atoms with E-state index < -0.39 is 25.1 Å². The van der Waals surface area contributed by atoms with E-state index in [0.29, 0.717) is 0 Å². The summed E-state index contributed by atoms with van der Waals surface area (Å²) in [6.45, 7) is -1.11. The van der Waals surface area contributed by atoms with Gasteiger partial charge in [-0.3, -0.25) is 4.79 Å². The number of aliphatic carboxylic acids is 1. The van der Waals surface area contributed by atoms with Gasteiger partial charge in [0, 0.05) is 0 Å². The van der Waals surface area contributed by atoms with Crippen LogP contribution in [0.15, 0.2) is 18.2 Å². The first-order chi connectivity index (χ1) is 8.93. The number of hydrogen-bond donors (Lipinski definition) is 2. The van der Waals surface area contributed by atoms with E-state index in [2.05, 4.69) is 4.74 Å². The maximum atomic E-state index is 12.2. The van der Waals surface area contributed by atoms with Crippen molar-refractivity contribution in [3.63, 3.8) is 0 Å². The summed E-state index contributed by atoms with van der Waals surface area (Å²) >= 11 is 0. The van der Waals surface area contributed by atoms with Crippen LogP contribution >= 0.6 is 0 Å². The van der Waals surface area contributed by atoms with E-state index in [1.54, 1.807) is 6.92 Å². The lowest BCUT2D eigenvalue weighted by molar-refractivity contribution is -0.139. The molecule has 1 aromatic carbocycles. The maximum Gasteiger partial charge on any atom is 0.387 e. The van der Waals surface area contributed by atoms with Crippen molar-refractivity contribution in [3.8, 4) is 11.5 Å². The Balaban J connectivity index is 2.97. The molecule has 0 aliphatic heterocycles. The molecule has 1 rings (SSSR count). The molecule has 0 radical (unpaired) electrons. The van der Waals surface area contributed by atoms with Gasteiger partial charge in [-0.05, 0) is 24.6 Å². The third kappa shape index (κ3) is 4.70. The number of benzene rings is 1. The molecule has 0 saturated heterocycles. The minimum atomic E-state index is -2.99. The summed E-state index contributed by atoms with van der Waals surface area (Å²) in [6.07, 6.45) is -1.72. The second-order valence-corrected chi connectivity index (χ2v) is 3.63. The summed E-state index contributed by atoms with van der Waals surface area (Å²) in [4.78, 5) is 10.5. The molecular formula is C12H14F2O5. The number of aliphatic hydroxyl groups excluding tert-OH is 1. The molecule has 5 nitrogen and oxygen atoms in total. The van der Waals surface area contributed by atoms with E-state index in [9.17, 15) is 18.7 Å². The molecule has 0 aliphatic rings. The average molecular weight is 276 g/mol. The Kier molecular flexibility index (Phi) is 5.50. The van der Waals surface area contributed by atoms with E-state index in [4.69, 9.17) is 9.84 Å². The van der Waals surface area contributed by atoms with Crippen LogP contribution in [0.25, 0.3) is 0 Å². The van der Waals surface area contributed by atoms with Crippen molar-refractivity contribution in [1.29, 1.82) is 0 Å². The van der Waals surface area contributed by atoms with Crippen LogP contribution in [-0.2, 0) is 4.79 Å². The normalized spacial score (nSPS) is 12.3. The van der Waals surface area contributed by atoms with Crippen molar-refractivity contribution in [2.75, 3.05) is 6.61 Å². The van der Waals surface area contributed by atoms with Gasteiger partial charge in [0.05, 0.1) is 19.1 Å². The predicted molar refractivity (Wildman–Crippen MR) is 61.5 cm³/mol. The van der Waals surface area contributed by atoms with Gasteiger partial charge in [-0.15, -0.1) is 0 Å². The Morgan fingerprint density at radius 2 is 2.05 bits per heavy atom. The third-order valence-corrected chi connectivity index (χ3v) is 2.24. The fourth-order valence-electron chi connectivity index (χ4n) is 1.48. The molecule has 2 N–H and O–H groups in total. The van der Waals surface area contributed by atoms with Gasteiger partial charge in [-0.2, -0.15) is 8.78 Å². The van der Waals surface area contributed by atoms with Crippen molar-refractivity contribution in [2.24, 2.45) is 0 Å². The number of carbonyl (C=O) groups is 1. The number of rotatable bonds is 7. The number of aliphatic hydroxyl groups is 1. The van der Waals surface area contributed by atoms with Gasteiger partial charge in [-0.1, -0.05) is 6.07 Å². The summed E-state index contributed by atoms with van der Waals surface area (Å²) < 4.78 is 33.7. The van der Waals surface area contributed by atoms with Gasteiger partial charge >= 0.3 is 12.6 Å². The molecule has 0 bridgehead atoms. The molecule has 0 spiro atoms. The molecule has 0 amide bonds. The highest BCUT2D eigenvalue weighted by atomic mass is 19.3. The van der Waals surface area contributed by atoms with Crippen LogP contribution in [0.5, 0.6) is 11.5 Å². The first-order valence-corrected chi connectivity index (χ1v) is 5.55. The summed E-state index contributed by atoms with van der Waals surface area (Å²) in [5.74, 6) is -1.30. The molecule has 0 heterocycles. The zero-order valence-electron chi connectivity index (χ0n) is 10.2. The van der Waals surface area contributed by atoms with Crippen LogP contribution in [0.1, 0.15) is 25.0 Å². The van der Waals surface area contributed by atoms with Gasteiger partial charge < -0.3 is 19.7 Å². The first-order valence-electron chi connectivity index (χ1n) is 5.55. The number of ether oxygens (including phenoxy) is 2. The molecule has 19 heavy (non-hydrogen) atoms. The van der Waals surface area contributed by atoms with Gasteiger partial charge in [0.25, 0.3) is 0 Å². The van der Waals surface area contributed by atoms with Crippen LogP contribution in [0.4, 0.5) is 8.78 Å². The SMILES string of the molecule is CCOc1cc(C(O)CC(=O)O)ccc1OC(F)F. The Hall–Kier alpha value is -1.89. The number of carboxylic acids is 1. The van der Waals surface area contributed by atoms with E-state index in [1.165, 1.54) is 18.2 Å². The third-order valence-electron chi connectivity index (χ3n) is 2.24. The molecule has 106 valence electrons. The number of hydrogen-bond acceptors (Lipinski definition) is 4. The summed E-state index contributed by atoms with van der Waals surface area (Å²) in [7, 11) is 0. The summed E-state index contributed by atoms with van der Waals surface area (Å²) in [5, 5.41) is 18.2. The standard InChI is InChI=1S/C12H14F2O5/c1-2-18-10-5-7(8(15)6-11(16)17)3-4-9(10)19-12(13)14/h3-5,8,12,15H,2,6H2,1H3,(H,16,17). The van der Waals surface area contributed by atoms with Crippen molar-refractivity contribution in [3.05, 3.63) is 23.8 Å². The summed E-state index contributed by atoms with van der Waals surface area (Å²) in [5.41, 5.74) is 0.257. The summed E-state index contributed by atoms with van der Waals surface area (Å²) in [6, 6.07) is 3.81. The van der Waals surface area contributed by atoms with Gasteiger partial charge in [0.1, 0.15) is 0 Å². The van der Waals surface area contributed by atoms with Gasteiger partial charge in [-0.25, -0.2) is 0 Å². The van der Waals surface area contributed by atoms with Crippen molar-refractivity contribution < 1.29 is 33.3 Å². The molecule has 1 atom stereocenters. The first kappa shape index (κ1) is 15.2. The van der Waals surface area contributed by atoms with E-state index in [0.717, 1.165) is 0 Å². The highest BCUT2D eigenvalue weighted by Gasteiger charge is 2.16. The highest BCUT2D eigenvalue weighted by molar-refractivity contribution is 5.67. The number of alkyl halides is 2. The molecule has 0 fully saturated rings. The number of halogens is 2. The Morgan fingerprint density at radius 3 is 2.58 bits per heavy atom. The monoisotopic (exact) mass is 276 g/mol. The molecule has 0 saturated carbocycles. The quantitative estimate of drug-likeness (QED) is 0.798. The molecule has 1 unspecified atom stereocenters. The van der Waals surface area contributed by atoms with E-state index >= 15 is 0 Å². The average Bonchev–Trinajstić information content (AvgIpc) is 2.30. The van der Waals surface area contributed by atoms with Crippen LogP contribution in [0, 0.1) is 0 Å². The Morgan fingerprint density at radius 1 is 1.37 bits per heavy atom. The topological polar surface area (TPSA) is 76.0 Å².